The van der Waals surface area contributed by atoms with Gasteiger partial charge in [-0.25, -0.2) is 12.7 Å². The Morgan fingerprint density at radius 2 is 2.17 bits per heavy atom. The Balaban J connectivity index is 1.67. The monoisotopic (exact) mass is 356 g/mol. The Morgan fingerprint density at radius 3 is 2.83 bits per heavy atom. The molecule has 0 saturated heterocycles. The number of amides is 1. The maximum atomic E-state index is 12.2. The maximum Gasteiger partial charge on any atom is 0.252 e. The van der Waals surface area contributed by atoms with E-state index in [-0.39, 0.29) is 5.91 Å². The number of nitrogens with zero attached hydrogens (tertiary/aromatic N) is 1. The second-order valence-corrected chi connectivity index (χ2v) is 8.26. The molecule has 126 valence electrons. The van der Waals surface area contributed by atoms with E-state index in [0.29, 0.717) is 36.6 Å². The van der Waals surface area contributed by atoms with Gasteiger partial charge in [0, 0.05) is 33.0 Å². The molecule has 0 saturated carbocycles. The smallest absolute Gasteiger partial charge is 0.252 e. The summed E-state index contributed by atoms with van der Waals surface area (Å²) in [6, 6.07) is 6.95. The molecule has 0 aliphatic carbocycles. The molecule has 0 bridgehead atoms. The Kier molecular flexibility index (Phi) is 6.37. The highest BCUT2D eigenvalue weighted by molar-refractivity contribution is 7.91. The van der Waals surface area contributed by atoms with Crippen LogP contribution in [0.4, 0.5) is 0 Å². The van der Waals surface area contributed by atoms with Crippen LogP contribution in [0.5, 0.6) is 0 Å². The summed E-state index contributed by atoms with van der Waals surface area (Å²) < 4.78 is 31.2. The van der Waals surface area contributed by atoms with Gasteiger partial charge in [0.25, 0.3) is 10.0 Å². The molecule has 0 fully saturated rings. The van der Waals surface area contributed by atoms with Gasteiger partial charge in [-0.15, -0.1) is 11.3 Å². The van der Waals surface area contributed by atoms with Gasteiger partial charge < -0.3 is 9.73 Å². The van der Waals surface area contributed by atoms with Crippen molar-refractivity contribution in [3.8, 4) is 0 Å². The van der Waals surface area contributed by atoms with Gasteiger partial charge in [0.2, 0.25) is 5.91 Å². The number of rotatable bonds is 9. The third-order valence-electron chi connectivity index (χ3n) is 3.31. The summed E-state index contributed by atoms with van der Waals surface area (Å²) in [5.74, 6) is 0.741. The Bertz CT molecular complexity index is 694. The molecule has 0 unspecified atom stereocenters. The Labute approximate surface area is 140 Å². The van der Waals surface area contributed by atoms with Crippen LogP contribution >= 0.6 is 11.3 Å². The number of furan rings is 1. The quantitative estimate of drug-likeness (QED) is 0.746. The van der Waals surface area contributed by atoms with Crippen molar-refractivity contribution in [2.75, 3.05) is 20.1 Å². The molecule has 6 nitrogen and oxygen atoms in total. The van der Waals surface area contributed by atoms with Crippen LogP contribution in [0.25, 0.3) is 0 Å². The highest BCUT2D eigenvalue weighted by atomic mass is 32.2. The minimum atomic E-state index is -3.43. The van der Waals surface area contributed by atoms with Crippen molar-refractivity contribution in [3.63, 3.8) is 0 Å². The van der Waals surface area contributed by atoms with Crippen LogP contribution in [0.3, 0.4) is 0 Å². The molecule has 2 heterocycles. The lowest BCUT2D eigenvalue weighted by atomic mass is 10.3. The number of hydrogen-bond acceptors (Lipinski definition) is 5. The summed E-state index contributed by atoms with van der Waals surface area (Å²) in [4.78, 5) is 11.7. The molecule has 1 amide bonds. The lowest BCUT2D eigenvalue weighted by Gasteiger charge is -2.15. The SMILES string of the molecule is CN(CCCC(=O)NCCc1ccco1)S(=O)(=O)c1cccs1. The van der Waals surface area contributed by atoms with Crippen molar-refractivity contribution in [2.24, 2.45) is 0 Å². The summed E-state index contributed by atoms with van der Waals surface area (Å²) in [7, 11) is -1.90. The molecule has 23 heavy (non-hydrogen) atoms. The first-order valence-corrected chi connectivity index (χ1v) is 9.61. The van der Waals surface area contributed by atoms with Crippen LogP contribution in [0, 0.1) is 0 Å². The number of carbonyl (C=O) groups is 1. The standard InChI is InChI=1S/C15H20N2O4S2/c1-17(23(19,20)15-7-4-12-22-15)10-2-6-14(18)16-9-8-13-5-3-11-21-13/h3-5,7,11-12H,2,6,8-10H2,1H3,(H,16,18). The largest absolute Gasteiger partial charge is 0.469 e. The van der Waals surface area contributed by atoms with Gasteiger partial charge in [-0.3, -0.25) is 4.79 Å². The Morgan fingerprint density at radius 1 is 1.35 bits per heavy atom. The molecule has 0 spiro atoms. The summed E-state index contributed by atoms with van der Waals surface area (Å²) in [6.07, 6.45) is 3.02. The number of hydrogen-bond donors (Lipinski definition) is 1. The Hall–Kier alpha value is -1.64. The second kappa shape index (κ2) is 8.28. The fraction of sp³-hybridized carbons (Fsp3) is 0.400. The molecule has 2 aromatic rings. The normalized spacial score (nSPS) is 11.7. The van der Waals surface area contributed by atoms with E-state index < -0.39 is 10.0 Å². The number of nitrogens with one attached hydrogen (secondary N) is 1. The molecular weight excluding hydrogens is 336 g/mol. The van der Waals surface area contributed by atoms with Crippen molar-refractivity contribution in [3.05, 3.63) is 41.7 Å². The first-order valence-electron chi connectivity index (χ1n) is 7.29. The van der Waals surface area contributed by atoms with Crippen LogP contribution in [0.15, 0.2) is 44.5 Å². The van der Waals surface area contributed by atoms with Gasteiger partial charge in [-0.1, -0.05) is 6.07 Å². The number of carbonyl (C=O) groups excluding carboxylic acids is 1. The van der Waals surface area contributed by atoms with Gasteiger partial charge in [0.15, 0.2) is 0 Å². The first-order chi connectivity index (χ1) is 11.0. The average molecular weight is 356 g/mol. The fourth-order valence-electron chi connectivity index (χ4n) is 2.01. The maximum absolute atomic E-state index is 12.2. The molecule has 2 aromatic heterocycles. The molecule has 0 aliphatic rings. The first kappa shape index (κ1) is 17.7. The van der Waals surface area contributed by atoms with E-state index in [9.17, 15) is 13.2 Å². The van der Waals surface area contributed by atoms with Gasteiger partial charge in [-0.2, -0.15) is 0 Å². The molecule has 0 aromatic carbocycles. The zero-order valence-electron chi connectivity index (χ0n) is 12.9. The number of sulfonamides is 1. The van der Waals surface area contributed by atoms with Crippen molar-refractivity contribution < 1.29 is 17.6 Å². The fourth-order valence-corrected chi connectivity index (χ4v) is 4.43. The van der Waals surface area contributed by atoms with Crippen LogP contribution < -0.4 is 5.32 Å². The highest BCUT2D eigenvalue weighted by Gasteiger charge is 2.21. The molecule has 0 aliphatic heterocycles. The second-order valence-electron chi connectivity index (χ2n) is 5.04. The third kappa shape index (κ3) is 5.19. The summed E-state index contributed by atoms with van der Waals surface area (Å²) in [5, 5.41) is 4.53. The van der Waals surface area contributed by atoms with E-state index in [1.807, 2.05) is 6.07 Å². The van der Waals surface area contributed by atoms with E-state index in [1.54, 1.807) is 29.8 Å². The summed E-state index contributed by atoms with van der Waals surface area (Å²) in [6.45, 7) is 0.821. The predicted octanol–water partition coefficient (Wildman–Crippen LogP) is 2.10. The molecule has 0 radical (unpaired) electrons. The van der Waals surface area contributed by atoms with Crippen molar-refractivity contribution in [1.29, 1.82) is 0 Å². The average Bonchev–Trinajstić information content (AvgIpc) is 3.20. The van der Waals surface area contributed by atoms with Gasteiger partial charge in [-0.05, 0) is 30.0 Å². The van der Waals surface area contributed by atoms with Crippen LogP contribution in [-0.4, -0.2) is 38.8 Å². The predicted molar refractivity (Wildman–Crippen MR) is 88.8 cm³/mol. The summed E-state index contributed by atoms with van der Waals surface area (Å²) >= 11 is 1.19. The van der Waals surface area contributed by atoms with Crippen molar-refractivity contribution in [1.82, 2.24) is 9.62 Å². The highest BCUT2D eigenvalue weighted by Crippen LogP contribution is 2.19. The minimum absolute atomic E-state index is 0.0847. The van der Waals surface area contributed by atoms with Gasteiger partial charge in [0.05, 0.1) is 6.26 Å². The molecule has 0 atom stereocenters. The lowest BCUT2D eigenvalue weighted by molar-refractivity contribution is -0.121. The van der Waals surface area contributed by atoms with Gasteiger partial charge in [0.1, 0.15) is 9.97 Å². The molecular formula is C15H20N2O4S2. The zero-order chi connectivity index (χ0) is 16.7. The van der Waals surface area contributed by atoms with Crippen LogP contribution in [0.1, 0.15) is 18.6 Å². The molecule has 1 N–H and O–H groups in total. The van der Waals surface area contributed by atoms with E-state index in [0.717, 1.165) is 5.76 Å². The zero-order valence-corrected chi connectivity index (χ0v) is 14.5. The lowest BCUT2D eigenvalue weighted by Crippen LogP contribution is -2.30. The van der Waals surface area contributed by atoms with Crippen LogP contribution in [-0.2, 0) is 21.2 Å². The van der Waals surface area contributed by atoms with Crippen LogP contribution in [0.2, 0.25) is 0 Å². The summed E-state index contributed by atoms with van der Waals surface area (Å²) in [5.41, 5.74) is 0. The van der Waals surface area contributed by atoms with Gasteiger partial charge >= 0.3 is 0 Å². The van der Waals surface area contributed by atoms with E-state index >= 15 is 0 Å². The number of thiophene rings is 1. The van der Waals surface area contributed by atoms with E-state index in [2.05, 4.69) is 5.32 Å². The topological polar surface area (TPSA) is 79.6 Å². The van der Waals surface area contributed by atoms with Crippen molar-refractivity contribution >= 4 is 27.3 Å². The van der Waals surface area contributed by atoms with E-state index in [4.69, 9.17) is 4.42 Å². The van der Waals surface area contributed by atoms with E-state index in [1.165, 1.54) is 22.7 Å². The minimum Gasteiger partial charge on any atom is -0.469 e. The molecule has 8 heteroatoms. The third-order valence-corrected chi connectivity index (χ3v) is 6.54. The molecule has 2 rings (SSSR count). The van der Waals surface area contributed by atoms with Crippen molar-refractivity contribution in [2.45, 2.75) is 23.5 Å².